The largest absolute Gasteiger partial charge is 0.323 e. The van der Waals surface area contributed by atoms with E-state index in [0.717, 1.165) is 27.0 Å². The SMILES string of the molecule is NC(c1ccc(I)c(Cl)c1)C1CCCc2cccnc21. The number of hydrogen-bond donors (Lipinski definition) is 1. The van der Waals surface area contributed by atoms with Gasteiger partial charge in [-0.25, -0.2) is 0 Å². The predicted molar refractivity (Wildman–Crippen MR) is 91.0 cm³/mol. The molecule has 20 heavy (non-hydrogen) atoms. The second-order valence-electron chi connectivity index (χ2n) is 5.25. The van der Waals surface area contributed by atoms with Crippen molar-refractivity contribution >= 4 is 34.2 Å². The molecule has 104 valence electrons. The lowest BCUT2D eigenvalue weighted by molar-refractivity contribution is 0.463. The van der Waals surface area contributed by atoms with E-state index in [-0.39, 0.29) is 12.0 Å². The van der Waals surface area contributed by atoms with Crippen molar-refractivity contribution in [1.82, 2.24) is 4.98 Å². The van der Waals surface area contributed by atoms with Gasteiger partial charge in [0.2, 0.25) is 0 Å². The minimum Gasteiger partial charge on any atom is -0.323 e. The quantitative estimate of drug-likeness (QED) is 0.759. The first-order valence-corrected chi connectivity index (χ1v) is 8.27. The molecular formula is C16H16ClIN2. The normalized spacial score (nSPS) is 19.4. The van der Waals surface area contributed by atoms with Gasteiger partial charge in [0.1, 0.15) is 0 Å². The van der Waals surface area contributed by atoms with Gasteiger partial charge < -0.3 is 5.73 Å². The predicted octanol–water partition coefficient (Wildman–Crippen LogP) is 4.46. The number of nitrogens with zero attached hydrogens (tertiary/aromatic N) is 1. The van der Waals surface area contributed by atoms with Crippen molar-refractivity contribution < 1.29 is 0 Å². The average Bonchev–Trinajstić information content (AvgIpc) is 2.49. The molecule has 2 unspecified atom stereocenters. The van der Waals surface area contributed by atoms with Crippen molar-refractivity contribution in [3.8, 4) is 0 Å². The molecule has 0 saturated heterocycles. The topological polar surface area (TPSA) is 38.9 Å². The summed E-state index contributed by atoms with van der Waals surface area (Å²) in [6, 6.07) is 10.2. The molecule has 3 rings (SSSR count). The maximum absolute atomic E-state index is 6.50. The van der Waals surface area contributed by atoms with E-state index in [1.165, 1.54) is 17.7 Å². The van der Waals surface area contributed by atoms with Crippen molar-refractivity contribution in [1.29, 1.82) is 0 Å². The number of fused-ring (bicyclic) bond motifs is 1. The Balaban J connectivity index is 1.95. The van der Waals surface area contributed by atoms with E-state index < -0.39 is 0 Å². The molecule has 1 aromatic heterocycles. The zero-order chi connectivity index (χ0) is 14.1. The summed E-state index contributed by atoms with van der Waals surface area (Å²) in [4.78, 5) is 4.57. The first-order valence-electron chi connectivity index (χ1n) is 6.81. The summed E-state index contributed by atoms with van der Waals surface area (Å²) in [5.74, 6) is 0.288. The summed E-state index contributed by atoms with van der Waals surface area (Å²) in [5, 5.41) is 0.774. The average molecular weight is 399 g/mol. The smallest absolute Gasteiger partial charge is 0.0542 e. The molecule has 2 atom stereocenters. The molecule has 0 bridgehead atoms. The first kappa shape index (κ1) is 14.3. The Morgan fingerprint density at radius 1 is 1.35 bits per heavy atom. The Kier molecular flexibility index (Phi) is 4.29. The van der Waals surface area contributed by atoms with E-state index in [1.54, 1.807) is 0 Å². The van der Waals surface area contributed by atoms with Crippen LogP contribution in [-0.2, 0) is 6.42 Å². The maximum Gasteiger partial charge on any atom is 0.0542 e. The Morgan fingerprint density at radius 2 is 2.20 bits per heavy atom. The third-order valence-electron chi connectivity index (χ3n) is 4.00. The van der Waals surface area contributed by atoms with E-state index >= 15 is 0 Å². The van der Waals surface area contributed by atoms with Crippen LogP contribution in [0.4, 0.5) is 0 Å². The van der Waals surface area contributed by atoms with Gasteiger partial charge in [0.05, 0.1) is 5.02 Å². The minimum atomic E-state index is -0.0431. The van der Waals surface area contributed by atoms with Gasteiger partial charge in [0.25, 0.3) is 0 Å². The highest BCUT2D eigenvalue weighted by Gasteiger charge is 2.27. The highest BCUT2D eigenvalue weighted by atomic mass is 127. The summed E-state index contributed by atoms with van der Waals surface area (Å²) < 4.78 is 1.06. The Morgan fingerprint density at radius 3 is 3.00 bits per heavy atom. The fourth-order valence-electron chi connectivity index (χ4n) is 2.95. The van der Waals surface area contributed by atoms with E-state index in [2.05, 4.69) is 39.7 Å². The molecule has 0 radical (unpaired) electrons. The van der Waals surface area contributed by atoms with Crippen LogP contribution in [0.3, 0.4) is 0 Å². The summed E-state index contributed by atoms with van der Waals surface area (Å²) in [5.41, 5.74) is 10.1. The van der Waals surface area contributed by atoms with Crippen LogP contribution >= 0.6 is 34.2 Å². The van der Waals surface area contributed by atoms with Crippen LogP contribution in [0, 0.1) is 3.57 Å². The number of hydrogen-bond acceptors (Lipinski definition) is 2. The maximum atomic E-state index is 6.50. The van der Waals surface area contributed by atoms with Crippen LogP contribution in [0.25, 0.3) is 0 Å². The number of aryl methyl sites for hydroxylation is 1. The molecule has 0 fully saturated rings. The first-order chi connectivity index (χ1) is 9.66. The highest BCUT2D eigenvalue weighted by molar-refractivity contribution is 14.1. The molecule has 1 heterocycles. The fourth-order valence-corrected chi connectivity index (χ4v) is 3.47. The monoisotopic (exact) mass is 398 g/mol. The van der Waals surface area contributed by atoms with E-state index in [4.69, 9.17) is 17.3 Å². The Bertz CT molecular complexity index is 630. The number of rotatable bonds is 2. The lowest BCUT2D eigenvalue weighted by Gasteiger charge is -2.29. The number of pyridine rings is 1. The van der Waals surface area contributed by atoms with Gasteiger partial charge >= 0.3 is 0 Å². The van der Waals surface area contributed by atoms with Crippen LogP contribution in [0.2, 0.25) is 5.02 Å². The molecule has 2 N–H and O–H groups in total. The molecule has 0 saturated carbocycles. The van der Waals surface area contributed by atoms with Crippen LogP contribution in [-0.4, -0.2) is 4.98 Å². The van der Waals surface area contributed by atoms with Gasteiger partial charge in [-0.15, -0.1) is 0 Å². The highest BCUT2D eigenvalue weighted by Crippen LogP contribution is 2.38. The summed E-state index contributed by atoms with van der Waals surface area (Å²) in [6.07, 6.45) is 5.24. The summed E-state index contributed by atoms with van der Waals surface area (Å²) >= 11 is 8.45. The molecule has 1 aliphatic carbocycles. The molecule has 1 aromatic carbocycles. The second kappa shape index (κ2) is 6.00. The lowest BCUT2D eigenvalue weighted by Crippen LogP contribution is -2.24. The molecule has 0 spiro atoms. The Labute approximate surface area is 137 Å². The van der Waals surface area contributed by atoms with Gasteiger partial charge in [-0.1, -0.05) is 23.7 Å². The van der Waals surface area contributed by atoms with Crippen LogP contribution in [0.15, 0.2) is 36.5 Å². The minimum absolute atomic E-state index is 0.0431. The molecule has 0 amide bonds. The van der Waals surface area contributed by atoms with Gasteiger partial charge in [-0.3, -0.25) is 4.98 Å². The fraction of sp³-hybridized carbons (Fsp3) is 0.312. The van der Waals surface area contributed by atoms with Crippen molar-refractivity contribution in [2.45, 2.75) is 31.2 Å². The van der Waals surface area contributed by atoms with Gasteiger partial charge in [-0.2, -0.15) is 0 Å². The third-order valence-corrected chi connectivity index (χ3v) is 5.57. The van der Waals surface area contributed by atoms with Gasteiger partial charge in [-0.05, 0) is 71.2 Å². The second-order valence-corrected chi connectivity index (χ2v) is 6.82. The van der Waals surface area contributed by atoms with Crippen molar-refractivity contribution in [2.24, 2.45) is 5.73 Å². The standard InChI is InChI=1S/C16H16ClIN2/c17-13-9-11(6-7-14(13)18)15(19)12-5-1-3-10-4-2-8-20-16(10)12/h2,4,6-9,12,15H,1,3,5,19H2. The number of aromatic nitrogens is 1. The molecule has 4 heteroatoms. The zero-order valence-electron chi connectivity index (χ0n) is 11.0. The Hall–Kier alpha value is -0.650. The number of nitrogens with two attached hydrogens (primary N) is 1. The molecule has 2 aromatic rings. The molecule has 1 aliphatic rings. The zero-order valence-corrected chi connectivity index (χ0v) is 13.9. The lowest BCUT2D eigenvalue weighted by atomic mass is 9.80. The molecular weight excluding hydrogens is 383 g/mol. The molecule has 2 nitrogen and oxygen atoms in total. The van der Waals surface area contributed by atoms with Crippen molar-refractivity contribution in [3.63, 3.8) is 0 Å². The number of halogens is 2. The summed E-state index contributed by atoms with van der Waals surface area (Å²) in [6.45, 7) is 0. The van der Waals surface area contributed by atoms with Gasteiger partial charge in [0.15, 0.2) is 0 Å². The van der Waals surface area contributed by atoms with Crippen molar-refractivity contribution in [2.75, 3.05) is 0 Å². The van der Waals surface area contributed by atoms with E-state index in [9.17, 15) is 0 Å². The van der Waals surface area contributed by atoms with Gasteiger partial charge in [0, 0.05) is 27.4 Å². The molecule has 0 aliphatic heterocycles. The number of benzene rings is 1. The van der Waals surface area contributed by atoms with Crippen molar-refractivity contribution in [3.05, 3.63) is 61.9 Å². The van der Waals surface area contributed by atoms with Crippen LogP contribution in [0.5, 0.6) is 0 Å². The van der Waals surface area contributed by atoms with E-state index in [0.29, 0.717) is 0 Å². The van der Waals surface area contributed by atoms with E-state index in [1.807, 2.05) is 24.4 Å². The van der Waals surface area contributed by atoms with Crippen LogP contribution < -0.4 is 5.73 Å². The summed E-state index contributed by atoms with van der Waals surface area (Å²) in [7, 11) is 0. The third kappa shape index (κ3) is 2.71. The van der Waals surface area contributed by atoms with Crippen LogP contribution in [0.1, 0.15) is 41.6 Å².